The fraction of sp³-hybridized carbons (Fsp3) is 0.529. The van der Waals surface area contributed by atoms with Gasteiger partial charge in [0.1, 0.15) is 18.5 Å². The number of benzene rings is 1. The Labute approximate surface area is 146 Å². The summed E-state index contributed by atoms with van der Waals surface area (Å²) in [5.74, 6) is 0.722. The Morgan fingerprint density at radius 2 is 2.20 bits per heavy atom. The first-order chi connectivity index (χ1) is 11.8. The monoisotopic (exact) mass is 351 g/mol. The molecule has 3 N–H and O–H groups in total. The van der Waals surface area contributed by atoms with Gasteiger partial charge in [-0.05, 0) is 45.4 Å². The van der Waals surface area contributed by atoms with Crippen LogP contribution in [0, 0.1) is 17.0 Å². The van der Waals surface area contributed by atoms with Crippen LogP contribution in [0.2, 0.25) is 0 Å². The molecule has 25 heavy (non-hydrogen) atoms. The lowest BCUT2D eigenvalue weighted by Crippen LogP contribution is -2.45. The van der Waals surface area contributed by atoms with Crippen LogP contribution in [-0.4, -0.2) is 46.6 Å². The number of aliphatic hydroxyl groups excluding tert-OH is 1. The average molecular weight is 351 g/mol. The number of nitrogens with zero attached hydrogens (tertiary/aromatic N) is 1. The second kappa shape index (κ2) is 8.17. The summed E-state index contributed by atoms with van der Waals surface area (Å²) in [6, 6.07) is 7.75. The fourth-order valence-electron chi connectivity index (χ4n) is 2.50. The van der Waals surface area contributed by atoms with E-state index in [0.717, 1.165) is 22.3 Å². The second-order valence-electron chi connectivity index (χ2n) is 6.71. The zero-order valence-electron chi connectivity index (χ0n) is 14.7. The quantitative estimate of drug-likeness (QED) is 0.447. The van der Waals surface area contributed by atoms with Gasteiger partial charge in [0.15, 0.2) is 0 Å². The second-order valence-corrected chi connectivity index (χ2v) is 6.71. The van der Waals surface area contributed by atoms with E-state index in [-0.39, 0.29) is 13.2 Å². The number of ether oxygens (including phenoxy) is 1. The maximum Gasteiger partial charge on any atom is 0.294 e. The molecular formula is C17H25N3O5. The number of aromatic nitrogens is 1. The van der Waals surface area contributed by atoms with Crippen LogP contribution in [0.25, 0.3) is 10.9 Å². The highest BCUT2D eigenvalue weighted by Crippen LogP contribution is 2.26. The van der Waals surface area contributed by atoms with E-state index in [1.807, 2.05) is 45.0 Å². The van der Waals surface area contributed by atoms with E-state index in [2.05, 4.69) is 15.1 Å². The minimum absolute atomic E-state index is 0.00837. The highest BCUT2D eigenvalue weighted by atomic mass is 16.9. The van der Waals surface area contributed by atoms with Crippen molar-refractivity contribution in [3.8, 4) is 5.75 Å². The van der Waals surface area contributed by atoms with Crippen LogP contribution in [0.1, 0.15) is 26.0 Å². The average Bonchev–Trinajstić information content (AvgIpc) is 2.91. The minimum atomic E-state index is -0.803. The molecule has 0 fully saturated rings. The van der Waals surface area contributed by atoms with Gasteiger partial charge in [0.2, 0.25) is 0 Å². The predicted molar refractivity (Wildman–Crippen MR) is 94.2 cm³/mol. The highest BCUT2D eigenvalue weighted by molar-refractivity contribution is 5.86. The van der Waals surface area contributed by atoms with Crippen LogP contribution in [0.15, 0.2) is 24.3 Å². The number of aromatic amines is 1. The summed E-state index contributed by atoms with van der Waals surface area (Å²) in [5, 5.41) is 23.7. The Bertz CT molecular complexity index is 713. The van der Waals surface area contributed by atoms with Crippen molar-refractivity contribution in [3.05, 3.63) is 40.1 Å². The molecule has 0 amide bonds. The largest absolute Gasteiger partial charge is 0.490 e. The van der Waals surface area contributed by atoms with E-state index >= 15 is 0 Å². The smallest absolute Gasteiger partial charge is 0.294 e. The van der Waals surface area contributed by atoms with Crippen molar-refractivity contribution in [2.24, 2.45) is 0 Å². The van der Waals surface area contributed by atoms with Gasteiger partial charge in [0.25, 0.3) is 5.09 Å². The van der Waals surface area contributed by atoms with Crippen LogP contribution in [0.3, 0.4) is 0 Å². The number of hydrogen-bond donors (Lipinski definition) is 3. The molecule has 138 valence electrons. The Hall–Kier alpha value is -2.32. The van der Waals surface area contributed by atoms with Gasteiger partial charge in [-0.15, -0.1) is 10.1 Å². The molecule has 1 heterocycles. The lowest BCUT2D eigenvalue weighted by atomic mass is 10.0. The van der Waals surface area contributed by atoms with Crippen LogP contribution >= 0.6 is 0 Å². The van der Waals surface area contributed by atoms with Crippen LogP contribution in [-0.2, 0) is 4.84 Å². The SMILES string of the molecule is Cc1cc2c(OCC(O)CNC(C)(C)CCO[N+](=O)[O-])cccc2[nH]1. The molecule has 8 heteroatoms. The zero-order chi connectivity index (χ0) is 18.4. The van der Waals surface area contributed by atoms with Crippen molar-refractivity contribution in [1.82, 2.24) is 10.3 Å². The molecule has 1 unspecified atom stereocenters. The Kier molecular flexibility index (Phi) is 6.22. The number of fused-ring (bicyclic) bond motifs is 1. The molecule has 0 aliphatic heterocycles. The van der Waals surface area contributed by atoms with Crippen molar-refractivity contribution in [3.63, 3.8) is 0 Å². The molecule has 2 rings (SSSR count). The number of H-pyrrole nitrogens is 1. The van der Waals surface area contributed by atoms with Crippen LogP contribution in [0.4, 0.5) is 0 Å². The minimum Gasteiger partial charge on any atom is -0.490 e. The van der Waals surface area contributed by atoms with Crippen molar-refractivity contribution in [1.29, 1.82) is 0 Å². The summed E-state index contributed by atoms with van der Waals surface area (Å²) in [4.78, 5) is 17.7. The molecule has 0 bridgehead atoms. The first kappa shape index (κ1) is 19.0. The van der Waals surface area contributed by atoms with E-state index in [9.17, 15) is 15.2 Å². The molecule has 0 aliphatic carbocycles. The van der Waals surface area contributed by atoms with E-state index < -0.39 is 16.7 Å². The molecule has 1 atom stereocenters. The molecule has 8 nitrogen and oxygen atoms in total. The molecule has 0 saturated carbocycles. The van der Waals surface area contributed by atoms with E-state index in [4.69, 9.17) is 4.74 Å². The summed E-state index contributed by atoms with van der Waals surface area (Å²) in [6.07, 6.45) is -0.255. The van der Waals surface area contributed by atoms with Crippen molar-refractivity contribution in [2.75, 3.05) is 19.8 Å². The van der Waals surface area contributed by atoms with Gasteiger partial charge in [-0.3, -0.25) is 0 Å². The van der Waals surface area contributed by atoms with Crippen molar-refractivity contribution in [2.45, 2.75) is 38.8 Å². The summed E-state index contributed by atoms with van der Waals surface area (Å²) in [5.41, 5.74) is 1.65. The molecule has 2 aromatic rings. The van der Waals surface area contributed by atoms with E-state index in [1.165, 1.54) is 0 Å². The molecule has 0 saturated heterocycles. The highest BCUT2D eigenvalue weighted by Gasteiger charge is 2.19. The van der Waals surface area contributed by atoms with E-state index in [0.29, 0.717) is 13.0 Å². The number of aliphatic hydroxyl groups is 1. The molecule has 0 spiro atoms. The number of β-amino-alcohol motifs (C(OH)–C–C–N with tert-alkyl or cyclic N) is 1. The van der Waals surface area contributed by atoms with Gasteiger partial charge in [-0.2, -0.15) is 0 Å². The Morgan fingerprint density at radius 1 is 1.44 bits per heavy atom. The summed E-state index contributed by atoms with van der Waals surface area (Å²) in [7, 11) is 0. The molecule has 0 aliphatic rings. The van der Waals surface area contributed by atoms with Crippen LogP contribution < -0.4 is 10.1 Å². The number of rotatable bonds is 10. The molecule has 1 aromatic heterocycles. The van der Waals surface area contributed by atoms with E-state index in [1.54, 1.807) is 0 Å². The van der Waals surface area contributed by atoms with Gasteiger partial charge in [-0.25, -0.2) is 0 Å². The van der Waals surface area contributed by atoms with Gasteiger partial charge in [0, 0.05) is 28.7 Å². The summed E-state index contributed by atoms with van der Waals surface area (Å²) in [6.45, 7) is 6.24. The Balaban J connectivity index is 1.80. The molecular weight excluding hydrogens is 326 g/mol. The standard InChI is InChI=1S/C17H25N3O5/c1-12-9-14-15(19-12)5-4-6-16(14)24-11-13(21)10-18-17(2,3)7-8-25-20(22)23/h4-6,9,13,18-19,21H,7-8,10-11H2,1-3H3. The third kappa shape index (κ3) is 5.91. The summed E-state index contributed by atoms with van der Waals surface area (Å²) < 4.78 is 5.75. The topological polar surface area (TPSA) is 110 Å². The van der Waals surface area contributed by atoms with Gasteiger partial charge in [-0.1, -0.05) is 6.07 Å². The van der Waals surface area contributed by atoms with Crippen molar-refractivity contribution < 1.29 is 19.8 Å². The third-order valence-corrected chi connectivity index (χ3v) is 3.93. The molecule has 1 aromatic carbocycles. The predicted octanol–water partition coefficient (Wildman–Crippen LogP) is 2.18. The normalized spacial score (nSPS) is 13.0. The Morgan fingerprint density at radius 3 is 2.92 bits per heavy atom. The summed E-state index contributed by atoms with van der Waals surface area (Å²) >= 11 is 0. The van der Waals surface area contributed by atoms with Gasteiger partial charge in [0.05, 0.1) is 6.61 Å². The van der Waals surface area contributed by atoms with Gasteiger partial charge >= 0.3 is 0 Å². The number of nitrogens with one attached hydrogen (secondary N) is 2. The van der Waals surface area contributed by atoms with Gasteiger partial charge < -0.3 is 25.0 Å². The number of hydrogen-bond acceptors (Lipinski definition) is 6. The van der Waals surface area contributed by atoms with Crippen molar-refractivity contribution >= 4 is 10.9 Å². The lowest BCUT2D eigenvalue weighted by molar-refractivity contribution is -0.758. The first-order valence-electron chi connectivity index (χ1n) is 8.18. The first-order valence-corrected chi connectivity index (χ1v) is 8.18. The third-order valence-electron chi connectivity index (χ3n) is 3.93. The molecule has 0 radical (unpaired) electrons. The lowest BCUT2D eigenvalue weighted by Gasteiger charge is -2.27. The number of aryl methyl sites for hydroxylation is 1. The van der Waals surface area contributed by atoms with Crippen LogP contribution in [0.5, 0.6) is 5.75 Å². The maximum absolute atomic E-state index is 10.2. The maximum atomic E-state index is 10.2. The fourth-order valence-corrected chi connectivity index (χ4v) is 2.50. The zero-order valence-corrected chi connectivity index (χ0v) is 14.7.